The number of anilines is 2. The summed E-state index contributed by atoms with van der Waals surface area (Å²) in [6.07, 6.45) is -0.685. The number of hydrogen-bond donors (Lipinski definition) is 4. The zero-order chi connectivity index (χ0) is 31.2. The summed E-state index contributed by atoms with van der Waals surface area (Å²) < 4.78 is 11.1. The van der Waals surface area contributed by atoms with Gasteiger partial charge in [-0.15, -0.1) is 0 Å². The van der Waals surface area contributed by atoms with Crippen molar-refractivity contribution in [2.24, 2.45) is 11.1 Å². The lowest BCUT2D eigenvalue weighted by molar-refractivity contribution is -0.202. The van der Waals surface area contributed by atoms with Crippen LogP contribution < -0.4 is 21.7 Å². The molecule has 0 aliphatic rings. The van der Waals surface area contributed by atoms with E-state index in [0.29, 0.717) is 30.2 Å². The lowest BCUT2D eigenvalue weighted by atomic mass is 9.90. The predicted molar refractivity (Wildman–Crippen MR) is 158 cm³/mol. The molecule has 5 N–H and O–H groups in total. The van der Waals surface area contributed by atoms with Crippen LogP contribution in [0.5, 0.6) is 0 Å². The van der Waals surface area contributed by atoms with Crippen molar-refractivity contribution in [3.8, 4) is 0 Å². The smallest absolute Gasteiger partial charge is 0.387 e. The molecule has 0 fully saturated rings. The summed E-state index contributed by atoms with van der Waals surface area (Å²) in [5.74, 6) is -2.19. The zero-order valence-corrected chi connectivity index (χ0v) is 26.1. The van der Waals surface area contributed by atoms with Crippen LogP contribution >= 0.6 is 11.3 Å². The number of benzene rings is 1. The lowest BCUT2D eigenvalue weighted by Crippen LogP contribution is -2.59. The van der Waals surface area contributed by atoms with Crippen LogP contribution in [0.2, 0.25) is 0 Å². The standard InChI is InChI=1S/C28H42N6O6S/c1-17(35)30-24-31-21(22(41-24)16-34(9)18(2)36)15-12-19-10-13-20(14-11-19)32-28(26(3,4)5,39-23(29)37)40-25(38)33-27(6,7)8/h10-11,13-14,32H,12,15-16H2,1-9H3,(H2,29,37)(H,33,38)(H,30,31,35). The molecule has 1 unspecified atom stereocenters. The van der Waals surface area contributed by atoms with Gasteiger partial charge in [-0.1, -0.05) is 44.2 Å². The van der Waals surface area contributed by atoms with Crippen LogP contribution in [0.1, 0.15) is 71.5 Å². The summed E-state index contributed by atoms with van der Waals surface area (Å²) in [6.45, 7) is 13.9. The second kappa shape index (κ2) is 13.2. The van der Waals surface area contributed by atoms with E-state index in [2.05, 4.69) is 20.9 Å². The third-order valence-electron chi connectivity index (χ3n) is 5.84. The molecule has 13 heteroatoms. The number of nitrogens with zero attached hydrogens (tertiary/aromatic N) is 2. The van der Waals surface area contributed by atoms with Crippen LogP contribution in [0.3, 0.4) is 0 Å². The minimum atomic E-state index is -1.91. The van der Waals surface area contributed by atoms with E-state index in [1.165, 1.54) is 25.2 Å². The zero-order valence-electron chi connectivity index (χ0n) is 25.3. The normalized spacial score (nSPS) is 13.0. The molecule has 12 nitrogen and oxygen atoms in total. The molecule has 0 spiro atoms. The molecular formula is C28H42N6O6S. The number of rotatable bonds is 10. The first-order valence-corrected chi connectivity index (χ1v) is 14.0. The van der Waals surface area contributed by atoms with Crippen LogP contribution in [0.15, 0.2) is 24.3 Å². The maximum absolute atomic E-state index is 12.7. The highest BCUT2D eigenvalue weighted by molar-refractivity contribution is 7.15. The summed E-state index contributed by atoms with van der Waals surface area (Å²) in [5.41, 5.74) is 6.18. The molecule has 1 aromatic carbocycles. The second-order valence-electron chi connectivity index (χ2n) is 11.8. The first kappa shape index (κ1) is 33.3. The van der Waals surface area contributed by atoms with E-state index in [1.807, 2.05) is 12.1 Å². The Kier molecular flexibility index (Phi) is 10.7. The number of nitrogens with one attached hydrogen (secondary N) is 3. The minimum Gasteiger partial charge on any atom is -0.387 e. The maximum atomic E-state index is 12.7. The molecule has 2 rings (SSSR count). The molecule has 2 aromatic rings. The number of aryl methyl sites for hydroxylation is 2. The van der Waals surface area contributed by atoms with Crippen molar-refractivity contribution in [3.63, 3.8) is 0 Å². The van der Waals surface area contributed by atoms with Crippen LogP contribution in [0, 0.1) is 5.41 Å². The monoisotopic (exact) mass is 590 g/mol. The molecule has 0 aliphatic carbocycles. The molecule has 226 valence electrons. The topological polar surface area (TPSA) is 165 Å². The van der Waals surface area contributed by atoms with Crippen LogP contribution in [0.25, 0.3) is 0 Å². The number of aromatic nitrogens is 1. The number of thiazole rings is 1. The Labute approximate surface area is 245 Å². The molecule has 0 saturated heterocycles. The van der Waals surface area contributed by atoms with Crippen LogP contribution in [-0.4, -0.2) is 52.4 Å². The van der Waals surface area contributed by atoms with Gasteiger partial charge < -0.3 is 36.1 Å². The predicted octanol–water partition coefficient (Wildman–Crippen LogP) is 4.60. The fraction of sp³-hybridized carbons (Fsp3) is 0.536. The van der Waals surface area contributed by atoms with Crippen LogP contribution in [-0.2, 0) is 38.4 Å². The van der Waals surface area contributed by atoms with Crippen molar-refractivity contribution in [1.29, 1.82) is 0 Å². The third-order valence-corrected chi connectivity index (χ3v) is 6.84. The van der Waals surface area contributed by atoms with Gasteiger partial charge in [0.25, 0.3) is 0 Å². The Morgan fingerprint density at radius 2 is 1.59 bits per heavy atom. The molecule has 0 radical (unpaired) electrons. The van der Waals surface area contributed by atoms with Gasteiger partial charge in [-0.3, -0.25) is 9.59 Å². The first-order chi connectivity index (χ1) is 18.8. The quantitative estimate of drug-likeness (QED) is 0.292. The molecule has 1 atom stereocenters. The van der Waals surface area contributed by atoms with E-state index in [0.717, 1.165) is 16.1 Å². The SMILES string of the molecule is CC(=O)Nc1nc(CCc2ccc(NC(OC(N)=O)(OC(=O)NC(C)(C)C)C(C)(C)C)cc2)c(CN(C)C(C)=O)s1. The molecule has 1 aromatic heterocycles. The maximum Gasteiger partial charge on any atom is 0.412 e. The van der Waals surface area contributed by atoms with Gasteiger partial charge in [-0.25, -0.2) is 14.6 Å². The van der Waals surface area contributed by atoms with Gasteiger partial charge in [0.1, 0.15) is 0 Å². The van der Waals surface area contributed by atoms with Gasteiger partial charge >= 0.3 is 18.1 Å². The van der Waals surface area contributed by atoms with Gasteiger partial charge in [0, 0.05) is 37.0 Å². The van der Waals surface area contributed by atoms with Crippen molar-refractivity contribution in [2.45, 2.75) is 86.2 Å². The molecule has 0 aliphatic heterocycles. The summed E-state index contributed by atoms with van der Waals surface area (Å²) in [4.78, 5) is 54.9. The summed E-state index contributed by atoms with van der Waals surface area (Å²) in [6, 6.07) is 7.33. The van der Waals surface area contributed by atoms with E-state index >= 15 is 0 Å². The summed E-state index contributed by atoms with van der Waals surface area (Å²) >= 11 is 1.35. The number of primary amides is 1. The molecule has 4 amide bonds. The average Bonchev–Trinajstić information content (AvgIpc) is 3.15. The Bertz CT molecular complexity index is 1250. The van der Waals surface area contributed by atoms with Crippen molar-refractivity contribution in [3.05, 3.63) is 40.4 Å². The van der Waals surface area contributed by atoms with Crippen molar-refractivity contribution in [1.82, 2.24) is 15.2 Å². The number of carbonyl (C=O) groups is 4. The van der Waals surface area contributed by atoms with Gasteiger partial charge in [0.2, 0.25) is 11.8 Å². The minimum absolute atomic E-state index is 0.0694. The van der Waals surface area contributed by atoms with Crippen molar-refractivity contribution >= 4 is 46.2 Å². The Balaban J connectivity index is 2.26. The van der Waals surface area contributed by atoms with Gasteiger partial charge in [-0.05, 0) is 51.3 Å². The highest BCUT2D eigenvalue weighted by atomic mass is 32.1. The van der Waals surface area contributed by atoms with Gasteiger partial charge in [0.15, 0.2) is 5.13 Å². The molecule has 41 heavy (non-hydrogen) atoms. The molecule has 1 heterocycles. The first-order valence-electron chi connectivity index (χ1n) is 13.1. The van der Waals surface area contributed by atoms with Gasteiger partial charge in [-0.2, -0.15) is 0 Å². The highest BCUT2D eigenvalue weighted by Gasteiger charge is 2.50. The van der Waals surface area contributed by atoms with E-state index in [4.69, 9.17) is 15.2 Å². The number of carbonyl (C=O) groups excluding carboxylic acids is 4. The van der Waals surface area contributed by atoms with E-state index in [-0.39, 0.29) is 11.8 Å². The lowest BCUT2D eigenvalue weighted by Gasteiger charge is -2.42. The number of hydrogen-bond acceptors (Lipinski definition) is 9. The summed E-state index contributed by atoms with van der Waals surface area (Å²) in [5, 5.41) is 8.95. The summed E-state index contributed by atoms with van der Waals surface area (Å²) in [7, 11) is 1.71. The Hall–Kier alpha value is -3.87. The fourth-order valence-corrected chi connectivity index (χ4v) is 4.72. The number of alkyl carbamates (subject to hydrolysis) is 1. The van der Waals surface area contributed by atoms with E-state index in [9.17, 15) is 19.2 Å². The second-order valence-corrected chi connectivity index (χ2v) is 12.9. The average molecular weight is 591 g/mol. The van der Waals surface area contributed by atoms with E-state index < -0.39 is 29.1 Å². The van der Waals surface area contributed by atoms with Crippen molar-refractivity contribution in [2.75, 3.05) is 17.7 Å². The van der Waals surface area contributed by atoms with Crippen molar-refractivity contribution < 1.29 is 28.7 Å². The number of nitrogens with two attached hydrogens (primary N) is 1. The number of ether oxygens (including phenoxy) is 2. The highest BCUT2D eigenvalue weighted by Crippen LogP contribution is 2.37. The van der Waals surface area contributed by atoms with E-state index in [1.54, 1.807) is 65.6 Å². The number of amides is 4. The molecular weight excluding hydrogens is 548 g/mol. The Morgan fingerprint density at radius 1 is 0.976 bits per heavy atom. The largest absolute Gasteiger partial charge is 0.412 e. The molecule has 0 bridgehead atoms. The van der Waals surface area contributed by atoms with Gasteiger partial charge in [0.05, 0.1) is 17.7 Å². The molecule has 0 saturated carbocycles. The Morgan fingerprint density at radius 3 is 2.07 bits per heavy atom. The van der Waals surface area contributed by atoms with Crippen LogP contribution in [0.4, 0.5) is 20.4 Å². The fourth-order valence-electron chi connectivity index (χ4n) is 3.61. The third kappa shape index (κ3) is 10.2.